The van der Waals surface area contributed by atoms with E-state index in [9.17, 15) is 0 Å². The van der Waals surface area contributed by atoms with Gasteiger partial charge in [-0.3, -0.25) is 9.97 Å². The van der Waals surface area contributed by atoms with Gasteiger partial charge in [-0.25, -0.2) is 0 Å². The van der Waals surface area contributed by atoms with Gasteiger partial charge in [0, 0.05) is 18.6 Å². The van der Waals surface area contributed by atoms with E-state index in [0.717, 1.165) is 25.1 Å². The van der Waals surface area contributed by atoms with Crippen molar-refractivity contribution >= 4 is 11.6 Å². The second kappa shape index (κ2) is 7.22. The molecule has 0 aromatic carbocycles. The van der Waals surface area contributed by atoms with Gasteiger partial charge in [0.15, 0.2) is 0 Å². The quantitative estimate of drug-likeness (QED) is 0.878. The lowest BCUT2D eigenvalue weighted by Gasteiger charge is -2.19. The van der Waals surface area contributed by atoms with Crippen molar-refractivity contribution in [3.8, 4) is 0 Å². The first-order chi connectivity index (χ1) is 9.31. The first-order valence-corrected chi connectivity index (χ1v) is 6.91. The predicted molar refractivity (Wildman–Crippen MR) is 78.2 cm³/mol. The van der Waals surface area contributed by atoms with Crippen LogP contribution in [-0.4, -0.2) is 16.5 Å². The van der Waals surface area contributed by atoms with E-state index < -0.39 is 0 Å². The summed E-state index contributed by atoms with van der Waals surface area (Å²) < 4.78 is 0. The van der Waals surface area contributed by atoms with Crippen molar-refractivity contribution in [1.29, 1.82) is 0 Å². The fraction of sp³-hybridized carbons (Fsp3) is 0.333. The normalized spacial score (nSPS) is 12.3. The fourth-order valence-corrected chi connectivity index (χ4v) is 2.25. The second-order valence-corrected chi connectivity index (χ2v) is 4.84. The third kappa shape index (κ3) is 4.01. The molecule has 0 aliphatic rings. The van der Waals surface area contributed by atoms with E-state index in [0.29, 0.717) is 5.02 Å². The van der Waals surface area contributed by atoms with Crippen LogP contribution in [-0.2, 0) is 6.42 Å². The van der Waals surface area contributed by atoms with E-state index in [4.69, 9.17) is 11.6 Å². The molecule has 0 aliphatic heterocycles. The summed E-state index contributed by atoms with van der Waals surface area (Å²) in [6.07, 6.45) is 7.35. The van der Waals surface area contributed by atoms with Crippen molar-refractivity contribution in [3.05, 3.63) is 59.1 Å². The Morgan fingerprint density at radius 3 is 2.68 bits per heavy atom. The van der Waals surface area contributed by atoms with Crippen LogP contribution in [0.5, 0.6) is 0 Å². The van der Waals surface area contributed by atoms with E-state index in [1.54, 1.807) is 6.20 Å². The van der Waals surface area contributed by atoms with Crippen molar-refractivity contribution in [2.75, 3.05) is 6.54 Å². The van der Waals surface area contributed by atoms with Gasteiger partial charge < -0.3 is 5.32 Å². The summed E-state index contributed by atoms with van der Waals surface area (Å²) >= 11 is 6.25. The zero-order valence-electron chi connectivity index (χ0n) is 11.0. The first kappa shape index (κ1) is 14.0. The number of hydrogen-bond acceptors (Lipinski definition) is 3. The molecule has 2 aromatic rings. The van der Waals surface area contributed by atoms with Crippen LogP contribution in [0.2, 0.25) is 5.02 Å². The molecule has 1 unspecified atom stereocenters. The summed E-state index contributed by atoms with van der Waals surface area (Å²) in [7, 11) is 0. The van der Waals surface area contributed by atoms with Crippen LogP contribution in [0, 0.1) is 0 Å². The Morgan fingerprint density at radius 2 is 2.00 bits per heavy atom. The maximum atomic E-state index is 6.25. The highest BCUT2D eigenvalue weighted by molar-refractivity contribution is 6.31. The van der Waals surface area contributed by atoms with Crippen LogP contribution < -0.4 is 5.32 Å². The van der Waals surface area contributed by atoms with E-state index in [1.165, 1.54) is 5.56 Å². The molecular weight excluding hydrogens is 258 g/mol. The van der Waals surface area contributed by atoms with Crippen LogP contribution in [0.3, 0.4) is 0 Å². The van der Waals surface area contributed by atoms with Gasteiger partial charge in [0.1, 0.15) is 0 Å². The summed E-state index contributed by atoms with van der Waals surface area (Å²) in [5.41, 5.74) is 2.14. The Kier molecular flexibility index (Phi) is 5.31. The molecule has 0 fully saturated rings. The molecule has 0 spiro atoms. The fourth-order valence-electron chi connectivity index (χ4n) is 1.99. The highest BCUT2D eigenvalue weighted by Gasteiger charge is 2.15. The molecule has 0 aliphatic carbocycles. The van der Waals surface area contributed by atoms with Gasteiger partial charge in [-0.2, -0.15) is 0 Å². The molecule has 0 saturated heterocycles. The van der Waals surface area contributed by atoms with Gasteiger partial charge in [0.05, 0.1) is 16.8 Å². The minimum atomic E-state index is 0.135. The highest BCUT2D eigenvalue weighted by Crippen LogP contribution is 2.23. The number of hydrogen-bond donors (Lipinski definition) is 1. The van der Waals surface area contributed by atoms with E-state index >= 15 is 0 Å². The Hall–Kier alpha value is -1.45. The molecule has 0 bridgehead atoms. The van der Waals surface area contributed by atoms with Gasteiger partial charge in [-0.15, -0.1) is 0 Å². The van der Waals surface area contributed by atoms with Crippen LogP contribution in [0.15, 0.2) is 42.9 Å². The molecule has 0 amide bonds. The molecule has 0 saturated carbocycles. The molecule has 100 valence electrons. The first-order valence-electron chi connectivity index (χ1n) is 6.54. The molecule has 4 heteroatoms. The summed E-state index contributed by atoms with van der Waals surface area (Å²) in [6.45, 7) is 3.10. The maximum Gasteiger partial charge on any atom is 0.0762 e. The smallest absolute Gasteiger partial charge is 0.0762 e. The Bertz CT molecular complexity index is 502. The number of rotatable bonds is 6. The number of halogens is 1. The van der Waals surface area contributed by atoms with Crippen molar-refractivity contribution < 1.29 is 0 Å². The van der Waals surface area contributed by atoms with Crippen molar-refractivity contribution in [3.63, 3.8) is 0 Å². The molecule has 2 aromatic heterocycles. The highest BCUT2D eigenvalue weighted by atomic mass is 35.5. The molecule has 1 atom stereocenters. The number of nitrogens with one attached hydrogen (secondary N) is 1. The third-order valence-electron chi connectivity index (χ3n) is 2.95. The minimum Gasteiger partial charge on any atom is -0.308 e. The Labute approximate surface area is 119 Å². The zero-order valence-corrected chi connectivity index (χ0v) is 11.8. The number of pyridine rings is 2. The lowest BCUT2D eigenvalue weighted by molar-refractivity contribution is 0.518. The molecule has 1 N–H and O–H groups in total. The van der Waals surface area contributed by atoms with Crippen molar-refractivity contribution in [2.45, 2.75) is 25.8 Å². The van der Waals surface area contributed by atoms with Crippen LogP contribution in [0.1, 0.15) is 30.6 Å². The number of aromatic nitrogens is 2. The van der Waals surface area contributed by atoms with Gasteiger partial charge in [-0.05, 0) is 49.2 Å². The summed E-state index contributed by atoms with van der Waals surface area (Å²) in [4.78, 5) is 8.46. The van der Waals surface area contributed by atoms with Crippen LogP contribution in [0.25, 0.3) is 0 Å². The Morgan fingerprint density at radius 1 is 1.21 bits per heavy atom. The van der Waals surface area contributed by atoms with Gasteiger partial charge >= 0.3 is 0 Å². The number of nitrogens with zero attached hydrogens (tertiary/aromatic N) is 2. The average molecular weight is 276 g/mol. The monoisotopic (exact) mass is 275 g/mol. The Balaban J connectivity index is 2.19. The molecule has 19 heavy (non-hydrogen) atoms. The van der Waals surface area contributed by atoms with E-state index in [1.807, 2.05) is 36.7 Å². The predicted octanol–water partition coefficient (Wildman–Crippen LogP) is 3.41. The lowest BCUT2D eigenvalue weighted by atomic mass is 10.0. The molecule has 2 heterocycles. The minimum absolute atomic E-state index is 0.135. The third-order valence-corrected chi connectivity index (χ3v) is 3.27. The van der Waals surface area contributed by atoms with Crippen molar-refractivity contribution in [2.24, 2.45) is 0 Å². The summed E-state index contributed by atoms with van der Waals surface area (Å²) in [6, 6.07) is 7.93. The van der Waals surface area contributed by atoms with Crippen LogP contribution in [0.4, 0.5) is 0 Å². The maximum absolute atomic E-state index is 6.25. The summed E-state index contributed by atoms with van der Waals surface area (Å²) in [5.74, 6) is 0. The SMILES string of the molecule is CCCNC(Cc1ccncc1)c1ncccc1Cl. The molecule has 0 radical (unpaired) electrons. The standard InChI is InChI=1S/C15H18ClN3/c1-2-7-18-14(11-12-5-9-17-10-6-12)15-13(16)4-3-8-19-15/h3-6,8-10,14,18H,2,7,11H2,1H3. The van der Waals surface area contributed by atoms with Crippen LogP contribution >= 0.6 is 11.6 Å². The molecular formula is C15H18ClN3. The van der Waals surface area contributed by atoms with Crippen molar-refractivity contribution in [1.82, 2.24) is 15.3 Å². The molecule has 3 nitrogen and oxygen atoms in total. The second-order valence-electron chi connectivity index (χ2n) is 4.44. The largest absolute Gasteiger partial charge is 0.308 e. The summed E-state index contributed by atoms with van der Waals surface area (Å²) in [5, 5.41) is 4.22. The van der Waals surface area contributed by atoms with E-state index in [2.05, 4.69) is 22.2 Å². The van der Waals surface area contributed by atoms with Gasteiger partial charge in [-0.1, -0.05) is 18.5 Å². The average Bonchev–Trinajstić information content (AvgIpc) is 2.45. The topological polar surface area (TPSA) is 37.8 Å². The van der Waals surface area contributed by atoms with Gasteiger partial charge in [0.25, 0.3) is 0 Å². The lowest BCUT2D eigenvalue weighted by Crippen LogP contribution is -2.25. The van der Waals surface area contributed by atoms with Gasteiger partial charge in [0.2, 0.25) is 0 Å². The molecule has 2 rings (SSSR count). The van der Waals surface area contributed by atoms with E-state index in [-0.39, 0.29) is 6.04 Å². The zero-order chi connectivity index (χ0) is 13.5.